The van der Waals surface area contributed by atoms with Crippen LogP contribution in [0.5, 0.6) is 11.5 Å². The lowest BCUT2D eigenvalue weighted by atomic mass is 9.65. The molecule has 0 aliphatic carbocycles. The van der Waals surface area contributed by atoms with Crippen molar-refractivity contribution in [2.45, 2.75) is 97.0 Å². The summed E-state index contributed by atoms with van der Waals surface area (Å²) < 4.78 is 5.77. The predicted octanol–water partition coefficient (Wildman–Crippen LogP) is 5.29. The van der Waals surface area contributed by atoms with E-state index in [0.29, 0.717) is 18.9 Å². The van der Waals surface area contributed by atoms with Gasteiger partial charge in [-0.05, 0) is 85.4 Å². The van der Waals surface area contributed by atoms with Crippen molar-refractivity contribution in [3.63, 3.8) is 0 Å². The van der Waals surface area contributed by atoms with E-state index in [2.05, 4.69) is 38.7 Å². The number of rotatable bonds is 3. The zero-order valence-electron chi connectivity index (χ0n) is 26.1. The molecule has 4 unspecified atom stereocenters. The summed E-state index contributed by atoms with van der Waals surface area (Å²) in [5.41, 5.74) is 2.08. The molecule has 0 aromatic heterocycles. The van der Waals surface area contributed by atoms with Gasteiger partial charge in [0.1, 0.15) is 23.1 Å². The predicted molar refractivity (Wildman–Crippen MR) is 162 cm³/mol. The van der Waals surface area contributed by atoms with Gasteiger partial charge in [0.15, 0.2) is 0 Å². The minimum absolute atomic E-state index is 0.0211. The molecular formula is C34H47N3O5. The van der Waals surface area contributed by atoms with Crippen LogP contribution < -0.4 is 0 Å². The normalized spacial score (nSPS) is 28.3. The molecule has 5 atom stereocenters. The van der Waals surface area contributed by atoms with Crippen LogP contribution in [-0.4, -0.2) is 80.3 Å². The number of piperidine rings is 1. The van der Waals surface area contributed by atoms with E-state index in [1.54, 1.807) is 23.1 Å². The van der Waals surface area contributed by atoms with Crippen molar-refractivity contribution in [2.75, 3.05) is 19.6 Å². The molecule has 2 saturated heterocycles. The van der Waals surface area contributed by atoms with Gasteiger partial charge in [-0.15, -0.1) is 0 Å². The van der Waals surface area contributed by atoms with E-state index in [1.807, 2.05) is 43.9 Å². The third kappa shape index (κ3) is 5.83. The van der Waals surface area contributed by atoms with E-state index in [4.69, 9.17) is 4.74 Å². The van der Waals surface area contributed by atoms with Gasteiger partial charge in [-0.1, -0.05) is 45.9 Å². The monoisotopic (exact) mass is 577 g/mol. The second kappa shape index (κ2) is 11.1. The third-order valence-electron chi connectivity index (χ3n) is 9.79. The molecule has 3 heterocycles. The van der Waals surface area contributed by atoms with E-state index >= 15 is 0 Å². The minimum atomic E-state index is -0.703. The quantitative estimate of drug-likeness (QED) is 0.515. The molecule has 0 bridgehead atoms. The number of carbonyl (C=O) groups is 2. The maximum Gasteiger partial charge on any atom is 0.411 e. The lowest BCUT2D eigenvalue weighted by Gasteiger charge is -2.56. The zero-order valence-corrected chi connectivity index (χ0v) is 26.1. The lowest BCUT2D eigenvalue weighted by Crippen LogP contribution is -2.68. The Labute approximate surface area is 250 Å². The molecule has 5 rings (SSSR count). The summed E-state index contributed by atoms with van der Waals surface area (Å²) in [6, 6.07) is 12.3. The average Bonchev–Trinajstić information content (AvgIpc) is 2.91. The molecule has 0 saturated carbocycles. The number of ether oxygens (including phenoxy) is 1. The molecule has 2 N–H and O–H groups in total. The van der Waals surface area contributed by atoms with Crippen LogP contribution in [-0.2, 0) is 27.9 Å². The number of hydrogen-bond acceptors (Lipinski definition) is 6. The topological polar surface area (TPSA) is 93.5 Å². The van der Waals surface area contributed by atoms with Gasteiger partial charge >= 0.3 is 6.09 Å². The standard InChI is InChI=1S/C34H47N3O5/c1-21(2)30-20-35-17-22(3)34(7,25-9-8-10-27(38)15-25)16-26(35)19-36(30)31(40)29-14-23-11-12-28(39)13-24(23)18-37(29)32(41)42-33(4,5)6/h8-13,15,21-22,26,29-30,38-39H,14,16-20H2,1-7H3/t22?,26?,29?,30?,34-/m1/s1. The van der Waals surface area contributed by atoms with Crippen LogP contribution in [0, 0.1) is 11.8 Å². The maximum absolute atomic E-state index is 14.6. The molecule has 228 valence electrons. The van der Waals surface area contributed by atoms with Gasteiger partial charge in [-0.3, -0.25) is 14.6 Å². The molecule has 0 spiro atoms. The average molecular weight is 578 g/mol. The van der Waals surface area contributed by atoms with E-state index in [9.17, 15) is 19.8 Å². The van der Waals surface area contributed by atoms with Crippen molar-refractivity contribution in [1.29, 1.82) is 0 Å². The Kier molecular flexibility index (Phi) is 7.98. The zero-order chi connectivity index (χ0) is 30.6. The van der Waals surface area contributed by atoms with Gasteiger partial charge in [0.25, 0.3) is 0 Å². The highest BCUT2D eigenvalue weighted by atomic mass is 16.6. The second-order valence-corrected chi connectivity index (χ2v) is 14.3. The number of benzene rings is 2. The van der Waals surface area contributed by atoms with E-state index in [1.165, 1.54) is 0 Å². The summed E-state index contributed by atoms with van der Waals surface area (Å²) in [5.74, 6) is 0.985. The molecular weight excluding hydrogens is 530 g/mol. The molecule has 8 heteroatoms. The van der Waals surface area contributed by atoms with Crippen molar-refractivity contribution < 1.29 is 24.5 Å². The number of carbonyl (C=O) groups excluding carboxylic acids is 2. The molecule has 2 aromatic rings. The first-order valence-electron chi connectivity index (χ1n) is 15.3. The van der Waals surface area contributed by atoms with Gasteiger partial charge < -0.3 is 19.8 Å². The molecule has 0 radical (unpaired) electrons. The van der Waals surface area contributed by atoms with Crippen molar-refractivity contribution in [3.8, 4) is 11.5 Å². The van der Waals surface area contributed by atoms with Gasteiger partial charge in [0.2, 0.25) is 5.91 Å². The first kappa shape index (κ1) is 30.2. The SMILES string of the molecule is CC(C)C1CN2CC(C)[C@](C)(c3cccc(O)c3)CC2CN1C(=O)C1Cc2ccc(O)cc2CN1C(=O)OC(C)(C)C. The number of nitrogens with zero attached hydrogens (tertiary/aromatic N) is 3. The summed E-state index contributed by atoms with van der Waals surface area (Å²) in [7, 11) is 0. The largest absolute Gasteiger partial charge is 0.508 e. The Bertz CT molecular complexity index is 1340. The van der Waals surface area contributed by atoms with Gasteiger partial charge in [-0.25, -0.2) is 4.79 Å². The highest BCUT2D eigenvalue weighted by molar-refractivity contribution is 5.87. The minimum Gasteiger partial charge on any atom is -0.508 e. The Morgan fingerprint density at radius 1 is 0.976 bits per heavy atom. The highest BCUT2D eigenvalue weighted by Gasteiger charge is 2.49. The summed E-state index contributed by atoms with van der Waals surface area (Å²) >= 11 is 0. The van der Waals surface area contributed by atoms with Gasteiger partial charge in [0.05, 0.1) is 6.54 Å². The van der Waals surface area contributed by atoms with Crippen LogP contribution in [0.25, 0.3) is 0 Å². The van der Waals surface area contributed by atoms with Crippen LogP contribution >= 0.6 is 0 Å². The summed E-state index contributed by atoms with van der Waals surface area (Å²) in [4.78, 5) is 34.3. The van der Waals surface area contributed by atoms with E-state index in [-0.39, 0.29) is 47.4 Å². The highest BCUT2D eigenvalue weighted by Crippen LogP contribution is 2.44. The Morgan fingerprint density at radius 2 is 1.69 bits per heavy atom. The molecule has 2 aromatic carbocycles. The van der Waals surface area contributed by atoms with Crippen molar-refractivity contribution in [3.05, 3.63) is 59.2 Å². The summed E-state index contributed by atoms with van der Waals surface area (Å²) in [5, 5.41) is 20.4. The van der Waals surface area contributed by atoms with Crippen molar-refractivity contribution in [2.24, 2.45) is 11.8 Å². The molecule has 2 amide bonds. The van der Waals surface area contributed by atoms with Crippen LogP contribution in [0.3, 0.4) is 0 Å². The van der Waals surface area contributed by atoms with E-state index < -0.39 is 17.7 Å². The van der Waals surface area contributed by atoms with Crippen LogP contribution in [0.4, 0.5) is 4.79 Å². The molecule has 42 heavy (non-hydrogen) atoms. The van der Waals surface area contributed by atoms with Crippen LogP contribution in [0.15, 0.2) is 42.5 Å². The number of phenolic OH excluding ortho intramolecular Hbond substituents is 2. The van der Waals surface area contributed by atoms with Crippen LogP contribution in [0.1, 0.15) is 71.6 Å². The maximum atomic E-state index is 14.6. The Hall–Kier alpha value is -3.26. The number of amides is 2. The first-order chi connectivity index (χ1) is 19.7. The molecule has 3 aliphatic rings. The fourth-order valence-corrected chi connectivity index (χ4v) is 7.21. The summed E-state index contributed by atoms with van der Waals surface area (Å²) in [6.45, 7) is 16.9. The van der Waals surface area contributed by atoms with Crippen molar-refractivity contribution >= 4 is 12.0 Å². The fraction of sp³-hybridized carbons (Fsp3) is 0.588. The number of fused-ring (bicyclic) bond motifs is 2. The van der Waals surface area contributed by atoms with E-state index in [0.717, 1.165) is 36.2 Å². The molecule has 2 fully saturated rings. The number of aromatic hydroxyl groups is 2. The van der Waals surface area contributed by atoms with Crippen LogP contribution in [0.2, 0.25) is 0 Å². The van der Waals surface area contributed by atoms with Gasteiger partial charge in [0, 0.05) is 38.1 Å². The first-order valence-corrected chi connectivity index (χ1v) is 15.3. The molecule has 3 aliphatic heterocycles. The third-order valence-corrected chi connectivity index (χ3v) is 9.79. The number of piperazine rings is 1. The summed E-state index contributed by atoms with van der Waals surface area (Å²) in [6.07, 6.45) is 0.730. The lowest BCUT2D eigenvalue weighted by molar-refractivity contribution is -0.148. The Morgan fingerprint density at radius 3 is 2.36 bits per heavy atom. The van der Waals surface area contributed by atoms with Crippen molar-refractivity contribution in [1.82, 2.24) is 14.7 Å². The Balaban J connectivity index is 1.46. The van der Waals surface area contributed by atoms with Gasteiger partial charge in [-0.2, -0.15) is 0 Å². The molecule has 8 nitrogen and oxygen atoms in total. The second-order valence-electron chi connectivity index (χ2n) is 14.3. The number of hydrogen-bond donors (Lipinski definition) is 2. The number of phenols is 2. The fourth-order valence-electron chi connectivity index (χ4n) is 7.21. The smallest absolute Gasteiger partial charge is 0.411 e.